The quantitative estimate of drug-likeness (QED) is 0.0195. The Bertz CT molecular complexity index is 1280. The minimum Gasteiger partial charge on any atom is -0.545 e. The summed E-state index contributed by atoms with van der Waals surface area (Å²) in [4.78, 5) is 37.3. The van der Waals surface area contributed by atoms with E-state index in [0.717, 1.165) is 64.2 Å². The number of carbonyl (C=O) groups excluding carboxylic acids is 3. The summed E-state index contributed by atoms with van der Waals surface area (Å²) in [6, 6.07) is 0. The maximum atomic E-state index is 12.8. The second-order valence-electron chi connectivity index (χ2n) is 23.4. The Balaban J connectivity index is 3.93. The second-order valence-corrected chi connectivity index (χ2v) is 23.4. The van der Waals surface area contributed by atoms with E-state index in [1.54, 1.807) is 0 Å². The first-order valence-electron chi connectivity index (χ1n) is 32.5. The van der Waals surface area contributed by atoms with Crippen molar-refractivity contribution in [2.45, 2.75) is 334 Å². The van der Waals surface area contributed by atoms with Crippen molar-refractivity contribution in [2.75, 3.05) is 47.5 Å². The molecule has 0 aliphatic rings. The maximum Gasteiger partial charge on any atom is 0.306 e. The third-order valence-corrected chi connectivity index (χ3v) is 14.7. The van der Waals surface area contributed by atoms with Crippen molar-refractivity contribution in [1.82, 2.24) is 0 Å². The van der Waals surface area contributed by atoms with Crippen LogP contribution in [0.15, 0.2) is 24.3 Å². The predicted octanol–water partition coefficient (Wildman–Crippen LogP) is 18.1. The van der Waals surface area contributed by atoms with Gasteiger partial charge >= 0.3 is 11.9 Å². The number of hydrogen-bond donors (Lipinski definition) is 0. The number of carboxylic acid groups (broad SMARTS) is 1. The maximum absolute atomic E-state index is 12.8. The Labute approximate surface area is 465 Å². The lowest BCUT2D eigenvalue weighted by Crippen LogP contribution is -2.44. The largest absolute Gasteiger partial charge is 0.545 e. The molecule has 0 amide bonds. The lowest BCUT2D eigenvalue weighted by atomic mass is 10.0. The van der Waals surface area contributed by atoms with Gasteiger partial charge in [-0.1, -0.05) is 295 Å². The zero-order chi connectivity index (χ0) is 54.8. The van der Waals surface area contributed by atoms with Crippen LogP contribution in [-0.2, 0) is 33.3 Å². The van der Waals surface area contributed by atoms with E-state index in [4.69, 9.17) is 18.9 Å². The third-order valence-electron chi connectivity index (χ3n) is 14.7. The molecule has 0 saturated carbocycles. The number of allylic oxidation sites excluding steroid dienone is 4. The number of quaternary nitrogens is 1. The van der Waals surface area contributed by atoms with Gasteiger partial charge in [0.15, 0.2) is 12.4 Å². The molecule has 2 atom stereocenters. The molecular weight excluding hydrogens is 935 g/mol. The van der Waals surface area contributed by atoms with E-state index in [1.807, 2.05) is 21.1 Å². The van der Waals surface area contributed by atoms with Crippen molar-refractivity contribution in [1.29, 1.82) is 0 Å². The van der Waals surface area contributed by atoms with Crippen LogP contribution in [0.5, 0.6) is 0 Å². The lowest BCUT2D eigenvalue weighted by Gasteiger charge is -2.26. The highest BCUT2D eigenvalue weighted by Crippen LogP contribution is 2.18. The standard InChI is InChI=1S/C66H125NO8/c1-6-8-10-12-14-16-18-20-22-23-24-25-26-27-28-29-30-31-32-33-34-35-36-37-38-39-40-41-42-43-45-46-48-50-52-54-56-63(68)73-60-62(61-74-66(65(70)71)72-59-58-67(3,4)5)75-64(69)57-55-53-51-49-47-44-21-19-17-15-13-11-9-7-2/h13,15,19,21,62,66H,6-12,14,16-18,20,22-61H2,1-5H3/b15-13-,21-19-. The number of rotatable bonds is 61. The summed E-state index contributed by atoms with van der Waals surface area (Å²) < 4.78 is 22.7. The van der Waals surface area contributed by atoms with Crippen molar-refractivity contribution in [2.24, 2.45) is 0 Å². The van der Waals surface area contributed by atoms with E-state index in [1.165, 1.54) is 225 Å². The van der Waals surface area contributed by atoms with Crippen LogP contribution in [0.4, 0.5) is 0 Å². The van der Waals surface area contributed by atoms with Gasteiger partial charge in [-0.2, -0.15) is 0 Å². The summed E-state index contributed by atoms with van der Waals surface area (Å²) in [5.41, 5.74) is 0. The smallest absolute Gasteiger partial charge is 0.306 e. The number of likely N-dealkylation sites (N-methyl/N-ethyl adjacent to an activating group) is 1. The Morgan fingerprint density at radius 1 is 0.400 bits per heavy atom. The molecule has 0 radical (unpaired) electrons. The number of carbonyl (C=O) groups is 3. The number of unbranched alkanes of at least 4 members (excludes halogenated alkanes) is 42. The van der Waals surface area contributed by atoms with Crippen molar-refractivity contribution in [3.63, 3.8) is 0 Å². The van der Waals surface area contributed by atoms with Gasteiger partial charge in [-0.05, 0) is 38.5 Å². The monoisotopic (exact) mass is 1060 g/mol. The van der Waals surface area contributed by atoms with Gasteiger partial charge in [0.25, 0.3) is 0 Å². The average Bonchev–Trinajstić information content (AvgIpc) is 3.38. The summed E-state index contributed by atoms with van der Waals surface area (Å²) in [6.07, 6.45) is 67.1. The minimum atomic E-state index is -1.62. The molecule has 0 aromatic heterocycles. The molecule has 9 heteroatoms. The first-order chi connectivity index (χ1) is 36.6. The molecule has 0 saturated heterocycles. The van der Waals surface area contributed by atoms with Gasteiger partial charge in [0.05, 0.1) is 40.3 Å². The van der Waals surface area contributed by atoms with Crippen molar-refractivity contribution in [3.8, 4) is 0 Å². The van der Waals surface area contributed by atoms with Crippen molar-refractivity contribution < 1.29 is 42.9 Å². The van der Waals surface area contributed by atoms with Gasteiger partial charge in [-0.25, -0.2) is 0 Å². The Hall–Kier alpha value is -2.23. The van der Waals surface area contributed by atoms with Gasteiger partial charge in [0, 0.05) is 12.8 Å². The SMILES string of the molecule is CCCC/C=C\C/C=C\CCCCCCCC(=O)OC(COC(=O)CCCCCCCCCCCCCCCCCCCCCCCCCCCCCCCCCCCCCC)COC(OCC[N+](C)(C)C)C(=O)[O-]. The fourth-order valence-electron chi connectivity index (χ4n) is 9.68. The molecule has 0 spiro atoms. The zero-order valence-electron chi connectivity index (χ0n) is 50.4. The van der Waals surface area contributed by atoms with Crippen LogP contribution in [0.3, 0.4) is 0 Å². The highest BCUT2D eigenvalue weighted by Gasteiger charge is 2.22. The molecule has 0 N–H and O–H groups in total. The predicted molar refractivity (Wildman–Crippen MR) is 316 cm³/mol. The molecule has 0 aromatic rings. The molecule has 0 heterocycles. The van der Waals surface area contributed by atoms with Crippen LogP contribution in [0.1, 0.15) is 322 Å². The van der Waals surface area contributed by atoms with Crippen molar-refractivity contribution in [3.05, 3.63) is 24.3 Å². The van der Waals surface area contributed by atoms with E-state index in [2.05, 4.69) is 38.2 Å². The third kappa shape index (κ3) is 59.3. The Morgan fingerprint density at radius 3 is 1.09 bits per heavy atom. The number of carboxylic acids is 1. The van der Waals surface area contributed by atoms with E-state index in [9.17, 15) is 19.5 Å². The fourth-order valence-corrected chi connectivity index (χ4v) is 9.68. The van der Waals surface area contributed by atoms with E-state index >= 15 is 0 Å². The summed E-state index contributed by atoms with van der Waals surface area (Å²) in [7, 11) is 5.92. The number of hydrogen-bond acceptors (Lipinski definition) is 8. The van der Waals surface area contributed by atoms with Crippen LogP contribution in [0.2, 0.25) is 0 Å². The number of esters is 2. The molecule has 0 aromatic carbocycles. The Kier molecular flexibility index (Phi) is 56.2. The highest BCUT2D eigenvalue weighted by molar-refractivity contribution is 5.70. The lowest BCUT2D eigenvalue weighted by molar-refractivity contribution is -0.870. The normalized spacial score (nSPS) is 12.8. The molecule has 0 fully saturated rings. The minimum absolute atomic E-state index is 0.147. The van der Waals surface area contributed by atoms with Crippen LogP contribution in [0, 0.1) is 0 Å². The van der Waals surface area contributed by atoms with Crippen LogP contribution < -0.4 is 5.11 Å². The first-order valence-corrected chi connectivity index (χ1v) is 32.5. The summed E-state index contributed by atoms with van der Waals surface area (Å²) in [5, 5.41) is 11.8. The van der Waals surface area contributed by atoms with E-state index in [0.29, 0.717) is 23.9 Å². The molecule has 9 nitrogen and oxygen atoms in total. The molecule has 75 heavy (non-hydrogen) atoms. The van der Waals surface area contributed by atoms with Crippen molar-refractivity contribution >= 4 is 17.9 Å². The van der Waals surface area contributed by atoms with Crippen LogP contribution >= 0.6 is 0 Å². The number of aliphatic carboxylic acids is 1. The molecule has 2 unspecified atom stereocenters. The molecule has 0 bridgehead atoms. The molecule has 442 valence electrons. The molecule has 0 aliphatic carbocycles. The Morgan fingerprint density at radius 2 is 0.733 bits per heavy atom. The summed E-state index contributed by atoms with van der Waals surface area (Å²) >= 11 is 0. The van der Waals surface area contributed by atoms with E-state index in [-0.39, 0.29) is 32.2 Å². The van der Waals surface area contributed by atoms with Crippen LogP contribution in [0.25, 0.3) is 0 Å². The first kappa shape index (κ1) is 72.8. The van der Waals surface area contributed by atoms with E-state index < -0.39 is 24.3 Å². The van der Waals surface area contributed by atoms with Gasteiger partial charge in [0.1, 0.15) is 13.2 Å². The summed E-state index contributed by atoms with van der Waals surface area (Å²) in [6.45, 7) is 4.73. The van der Waals surface area contributed by atoms with Gasteiger partial charge < -0.3 is 33.3 Å². The zero-order valence-corrected chi connectivity index (χ0v) is 50.4. The topological polar surface area (TPSA) is 111 Å². The average molecular weight is 1060 g/mol. The number of ether oxygens (including phenoxy) is 4. The highest BCUT2D eigenvalue weighted by atomic mass is 16.7. The van der Waals surface area contributed by atoms with Gasteiger partial charge in [-0.3, -0.25) is 9.59 Å². The fraction of sp³-hybridized carbons (Fsp3) is 0.894. The molecule has 0 rings (SSSR count). The number of nitrogens with zero attached hydrogens (tertiary/aromatic N) is 1. The second kappa shape index (κ2) is 57.9. The van der Waals surface area contributed by atoms with Crippen LogP contribution in [-0.4, -0.2) is 82.3 Å². The molecular formula is C66H125NO8. The van der Waals surface area contributed by atoms with Gasteiger partial charge in [0.2, 0.25) is 0 Å². The summed E-state index contributed by atoms with van der Waals surface area (Å²) in [5.74, 6) is -2.28. The van der Waals surface area contributed by atoms with Gasteiger partial charge in [-0.15, -0.1) is 0 Å². The molecule has 0 aliphatic heterocycles.